The monoisotopic (exact) mass is 296 g/mol. The molecule has 21 heavy (non-hydrogen) atoms. The van der Waals surface area contributed by atoms with Crippen LogP contribution in [0.2, 0.25) is 0 Å². The molecule has 1 unspecified atom stereocenters. The molecule has 1 aliphatic heterocycles. The van der Waals surface area contributed by atoms with Gasteiger partial charge in [0.1, 0.15) is 6.26 Å². The van der Waals surface area contributed by atoms with Gasteiger partial charge in [-0.1, -0.05) is 77.6 Å². The van der Waals surface area contributed by atoms with Crippen LogP contribution < -0.4 is 0 Å². The second kappa shape index (κ2) is 14.4. The van der Waals surface area contributed by atoms with E-state index < -0.39 is 0 Å². The number of hydrogen-bond acceptors (Lipinski definition) is 2. The Morgan fingerprint density at radius 2 is 1.24 bits per heavy atom. The molecule has 0 aromatic rings. The quantitative estimate of drug-likeness (QED) is 0.471. The fraction of sp³-hybridized carbons (Fsp3) is 0.895. The molecular formula is C19H36O2. The maximum Gasteiger partial charge on any atom is 0.125 e. The molecule has 0 amide bonds. The van der Waals surface area contributed by atoms with E-state index in [4.69, 9.17) is 9.78 Å². The van der Waals surface area contributed by atoms with E-state index in [1.54, 1.807) is 6.26 Å². The van der Waals surface area contributed by atoms with Crippen molar-refractivity contribution in [1.29, 1.82) is 0 Å². The topological polar surface area (TPSA) is 18.5 Å². The first-order valence-electron chi connectivity index (χ1n) is 9.33. The Hall–Kier alpha value is -0.500. The first-order chi connectivity index (χ1) is 10.4. The highest BCUT2D eigenvalue weighted by molar-refractivity contribution is 4.72. The molecule has 0 saturated carbocycles. The Kier molecular flexibility index (Phi) is 12.8. The Morgan fingerprint density at radius 3 is 1.86 bits per heavy atom. The summed E-state index contributed by atoms with van der Waals surface area (Å²) in [5.74, 6) is 0.601. The average Bonchev–Trinajstić information content (AvgIpc) is 2.48. The Bertz CT molecular complexity index is 238. The van der Waals surface area contributed by atoms with Gasteiger partial charge in [0.25, 0.3) is 0 Å². The normalized spacial score (nSPS) is 27.4. The summed E-state index contributed by atoms with van der Waals surface area (Å²) in [5, 5.41) is 0. The van der Waals surface area contributed by atoms with E-state index in [2.05, 4.69) is 13.0 Å². The van der Waals surface area contributed by atoms with Gasteiger partial charge in [0.15, 0.2) is 0 Å². The lowest BCUT2D eigenvalue weighted by Gasteiger charge is -2.10. The predicted octanol–water partition coefficient (Wildman–Crippen LogP) is 6.56. The van der Waals surface area contributed by atoms with Crippen LogP contribution in [0.4, 0.5) is 0 Å². The zero-order valence-electron chi connectivity index (χ0n) is 14.2. The number of rotatable bonds is 0. The van der Waals surface area contributed by atoms with Crippen molar-refractivity contribution in [2.24, 2.45) is 5.92 Å². The maximum absolute atomic E-state index is 5.24. The molecule has 0 N–H and O–H groups in total. The highest BCUT2D eigenvalue weighted by Gasteiger charge is 2.02. The van der Waals surface area contributed by atoms with E-state index in [9.17, 15) is 0 Å². The van der Waals surface area contributed by atoms with Gasteiger partial charge in [0.05, 0.1) is 6.61 Å². The second-order valence-corrected chi connectivity index (χ2v) is 6.68. The minimum atomic E-state index is 0.601. The van der Waals surface area contributed by atoms with Gasteiger partial charge in [0, 0.05) is 0 Å². The van der Waals surface area contributed by atoms with Gasteiger partial charge >= 0.3 is 0 Å². The van der Waals surface area contributed by atoms with E-state index in [1.807, 2.05) is 0 Å². The van der Waals surface area contributed by atoms with E-state index in [1.165, 1.54) is 83.5 Å². The van der Waals surface area contributed by atoms with Gasteiger partial charge in [-0.3, -0.25) is 0 Å². The Morgan fingerprint density at radius 1 is 0.714 bits per heavy atom. The van der Waals surface area contributed by atoms with Gasteiger partial charge in [-0.05, 0) is 31.3 Å². The molecule has 1 aliphatic rings. The molecule has 0 fully saturated rings. The maximum atomic E-state index is 5.24. The molecular weight excluding hydrogens is 260 g/mol. The lowest BCUT2D eigenvalue weighted by molar-refractivity contribution is -0.256. The lowest BCUT2D eigenvalue weighted by atomic mass is 10.0. The van der Waals surface area contributed by atoms with Gasteiger partial charge in [-0.25, -0.2) is 0 Å². The molecule has 2 heteroatoms. The summed E-state index contributed by atoms with van der Waals surface area (Å²) in [7, 11) is 0. The fourth-order valence-corrected chi connectivity index (χ4v) is 2.91. The second-order valence-electron chi connectivity index (χ2n) is 6.68. The van der Waals surface area contributed by atoms with Crippen molar-refractivity contribution in [3.8, 4) is 0 Å². The molecule has 0 spiro atoms. The molecule has 1 rings (SSSR count). The predicted molar refractivity (Wildman–Crippen MR) is 90.0 cm³/mol. The fourth-order valence-electron chi connectivity index (χ4n) is 2.91. The zero-order chi connectivity index (χ0) is 15.0. The standard InChI is InChI=1S/C19H36O2/c1-19-16-14-12-10-8-6-4-2-3-5-7-9-11-13-15-17-20-21-18-19/h15,17,19H,2-14,16,18H2,1H3/b17-15-. The minimum Gasteiger partial charge on any atom is -0.346 e. The molecule has 0 aromatic heterocycles. The molecule has 1 heterocycles. The largest absolute Gasteiger partial charge is 0.346 e. The number of allylic oxidation sites excluding steroid dienone is 1. The van der Waals surface area contributed by atoms with Crippen LogP contribution in [-0.4, -0.2) is 6.61 Å². The van der Waals surface area contributed by atoms with Gasteiger partial charge in [-0.15, -0.1) is 0 Å². The van der Waals surface area contributed by atoms with Crippen LogP contribution in [0, 0.1) is 5.92 Å². The van der Waals surface area contributed by atoms with Crippen molar-refractivity contribution in [3.05, 3.63) is 12.3 Å². The van der Waals surface area contributed by atoms with E-state index in [0.717, 1.165) is 6.42 Å². The highest BCUT2D eigenvalue weighted by Crippen LogP contribution is 2.15. The average molecular weight is 296 g/mol. The van der Waals surface area contributed by atoms with Crippen molar-refractivity contribution in [2.45, 2.75) is 96.8 Å². The molecule has 2 nitrogen and oxygen atoms in total. The summed E-state index contributed by atoms with van der Waals surface area (Å²) >= 11 is 0. The highest BCUT2D eigenvalue weighted by atomic mass is 17.2. The SMILES string of the molecule is CC1CCCCCCCCCCCCCC/C=C\OOC1. The summed E-state index contributed by atoms with van der Waals surface area (Å²) in [5.41, 5.74) is 0. The molecule has 0 radical (unpaired) electrons. The van der Waals surface area contributed by atoms with Crippen LogP contribution in [0.3, 0.4) is 0 Å². The van der Waals surface area contributed by atoms with Crippen LogP contribution in [0.25, 0.3) is 0 Å². The van der Waals surface area contributed by atoms with Crippen molar-refractivity contribution < 1.29 is 9.78 Å². The molecule has 124 valence electrons. The third kappa shape index (κ3) is 12.9. The molecule has 0 aliphatic carbocycles. The smallest absolute Gasteiger partial charge is 0.125 e. The van der Waals surface area contributed by atoms with E-state index in [-0.39, 0.29) is 0 Å². The summed E-state index contributed by atoms with van der Waals surface area (Å²) in [6.45, 7) is 2.96. The van der Waals surface area contributed by atoms with Crippen LogP contribution in [-0.2, 0) is 9.78 Å². The summed E-state index contributed by atoms with van der Waals surface area (Å²) in [6, 6.07) is 0. The first-order valence-corrected chi connectivity index (χ1v) is 9.33. The lowest BCUT2D eigenvalue weighted by Crippen LogP contribution is -2.04. The Balaban J connectivity index is 2.14. The summed E-state index contributed by atoms with van der Waals surface area (Å²) in [4.78, 5) is 10.3. The van der Waals surface area contributed by atoms with E-state index >= 15 is 0 Å². The van der Waals surface area contributed by atoms with Crippen LogP contribution in [0.15, 0.2) is 12.3 Å². The van der Waals surface area contributed by atoms with Gasteiger partial charge in [-0.2, -0.15) is 4.89 Å². The zero-order valence-corrected chi connectivity index (χ0v) is 14.2. The molecule has 0 saturated heterocycles. The number of hydrogen-bond donors (Lipinski definition) is 0. The van der Waals surface area contributed by atoms with Gasteiger partial charge in [0.2, 0.25) is 0 Å². The van der Waals surface area contributed by atoms with Crippen LogP contribution in [0.5, 0.6) is 0 Å². The van der Waals surface area contributed by atoms with Crippen LogP contribution >= 0.6 is 0 Å². The summed E-state index contributed by atoms with van der Waals surface area (Å²) < 4.78 is 0. The van der Waals surface area contributed by atoms with Crippen molar-refractivity contribution >= 4 is 0 Å². The van der Waals surface area contributed by atoms with Crippen LogP contribution in [0.1, 0.15) is 96.8 Å². The minimum absolute atomic E-state index is 0.601. The van der Waals surface area contributed by atoms with Crippen molar-refractivity contribution in [3.63, 3.8) is 0 Å². The first kappa shape index (κ1) is 18.5. The van der Waals surface area contributed by atoms with Crippen molar-refractivity contribution in [2.75, 3.05) is 6.61 Å². The van der Waals surface area contributed by atoms with Crippen molar-refractivity contribution in [1.82, 2.24) is 0 Å². The third-order valence-electron chi connectivity index (χ3n) is 4.39. The summed E-state index contributed by atoms with van der Waals surface area (Å²) in [6.07, 6.45) is 22.9. The molecule has 0 bridgehead atoms. The molecule has 1 atom stereocenters. The Labute approximate surface area is 132 Å². The van der Waals surface area contributed by atoms with E-state index in [0.29, 0.717) is 12.5 Å². The van der Waals surface area contributed by atoms with Gasteiger partial charge < -0.3 is 4.89 Å². The molecule has 0 aromatic carbocycles. The third-order valence-corrected chi connectivity index (χ3v) is 4.39.